The number of carbonyl (C=O) groups excluding carboxylic acids is 1. The first-order valence-corrected chi connectivity index (χ1v) is 8.21. The Hall–Kier alpha value is -2.49. The van der Waals surface area contributed by atoms with Gasteiger partial charge in [-0.15, -0.1) is 0 Å². The highest BCUT2D eigenvalue weighted by atomic mass is 16.5. The number of fused-ring (bicyclic) bond motifs is 1. The van der Waals surface area contributed by atoms with Crippen molar-refractivity contribution < 1.29 is 14.3 Å². The molecular formula is C20H23NO3. The monoisotopic (exact) mass is 325 g/mol. The highest BCUT2D eigenvalue weighted by molar-refractivity contribution is 5.78. The highest BCUT2D eigenvalue weighted by Gasteiger charge is 2.28. The smallest absolute Gasteiger partial charge is 0.260 e. The van der Waals surface area contributed by atoms with Crippen LogP contribution in [0, 0.1) is 6.92 Å². The van der Waals surface area contributed by atoms with Crippen LogP contribution < -0.4 is 9.47 Å². The van der Waals surface area contributed by atoms with Gasteiger partial charge in [0, 0.05) is 7.05 Å². The van der Waals surface area contributed by atoms with Gasteiger partial charge in [-0.25, -0.2) is 0 Å². The Bertz CT molecular complexity index is 741. The molecule has 0 saturated carbocycles. The van der Waals surface area contributed by atoms with E-state index in [1.54, 1.807) is 12.0 Å². The normalized spacial score (nSPS) is 15.7. The number of hydrogen-bond donors (Lipinski definition) is 0. The number of benzene rings is 2. The van der Waals surface area contributed by atoms with E-state index in [9.17, 15) is 4.79 Å². The SMILES string of the molecule is COc1cc(C)ccc1OCC(=O)N(C)C1CCc2ccccc21. The molecule has 0 N–H and O–H groups in total. The van der Waals surface area contributed by atoms with Crippen LogP contribution in [0.5, 0.6) is 11.5 Å². The van der Waals surface area contributed by atoms with E-state index in [4.69, 9.17) is 9.47 Å². The van der Waals surface area contributed by atoms with Gasteiger partial charge >= 0.3 is 0 Å². The largest absolute Gasteiger partial charge is 0.493 e. The summed E-state index contributed by atoms with van der Waals surface area (Å²) < 4.78 is 11.0. The number of carbonyl (C=O) groups is 1. The van der Waals surface area contributed by atoms with Gasteiger partial charge in [0.05, 0.1) is 13.2 Å². The maximum absolute atomic E-state index is 12.5. The Labute approximate surface area is 143 Å². The van der Waals surface area contributed by atoms with Gasteiger partial charge in [0.25, 0.3) is 5.91 Å². The van der Waals surface area contributed by atoms with Gasteiger partial charge in [-0.3, -0.25) is 4.79 Å². The molecule has 126 valence electrons. The van der Waals surface area contributed by atoms with Crippen molar-refractivity contribution in [2.45, 2.75) is 25.8 Å². The van der Waals surface area contributed by atoms with E-state index in [-0.39, 0.29) is 18.6 Å². The molecule has 0 saturated heterocycles. The first kappa shape index (κ1) is 16.4. The number of methoxy groups -OCH3 is 1. The van der Waals surface area contributed by atoms with E-state index in [1.165, 1.54) is 11.1 Å². The van der Waals surface area contributed by atoms with Crippen LogP contribution in [-0.2, 0) is 11.2 Å². The fourth-order valence-corrected chi connectivity index (χ4v) is 3.25. The van der Waals surface area contributed by atoms with Crippen molar-refractivity contribution in [1.82, 2.24) is 4.90 Å². The highest BCUT2D eigenvalue weighted by Crippen LogP contribution is 2.35. The lowest BCUT2D eigenvalue weighted by atomic mass is 10.1. The first-order chi connectivity index (χ1) is 11.6. The van der Waals surface area contributed by atoms with Gasteiger partial charge < -0.3 is 14.4 Å². The lowest BCUT2D eigenvalue weighted by Gasteiger charge is -2.25. The molecule has 0 heterocycles. The first-order valence-electron chi connectivity index (χ1n) is 8.21. The molecule has 4 nitrogen and oxygen atoms in total. The standard InChI is InChI=1S/C20H23NO3/c1-14-8-11-18(19(12-14)23-3)24-13-20(22)21(2)17-10-9-15-6-4-5-7-16(15)17/h4-8,11-12,17H,9-10,13H2,1-3H3. The zero-order chi connectivity index (χ0) is 17.1. The van der Waals surface area contributed by atoms with E-state index in [0.29, 0.717) is 11.5 Å². The van der Waals surface area contributed by atoms with Crippen molar-refractivity contribution in [2.75, 3.05) is 20.8 Å². The quantitative estimate of drug-likeness (QED) is 0.844. The summed E-state index contributed by atoms with van der Waals surface area (Å²) in [7, 11) is 3.45. The predicted octanol–water partition coefficient (Wildman–Crippen LogP) is 3.53. The van der Waals surface area contributed by atoms with Gasteiger partial charge in [0.15, 0.2) is 18.1 Å². The molecule has 0 radical (unpaired) electrons. The molecule has 0 aromatic heterocycles. The minimum absolute atomic E-state index is 0.00852. The van der Waals surface area contributed by atoms with Gasteiger partial charge in [-0.1, -0.05) is 30.3 Å². The van der Waals surface area contributed by atoms with E-state index >= 15 is 0 Å². The molecule has 0 spiro atoms. The number of amides is 1. The average Bonchev–Trinajstić information content (AvgIpc) is 3.03. The van der Waals surface area contributed by atoms with Crippen molar-refractivity contribution >= 4 is 5.91 Å². The number of aryl methyl sites for hydroxylation is 2. The third-order valence-electron chi connectivity index (χ3n) is 4.63. The molecule has 4 heteroatoms. The Kier molecular flexibility index (Phi) is 4.74. The molecule has 1 aliphatic rings. The van der Waals surface area contributed by atoms with Crippen LogP contribution in [0.4, 0.5) is 0 Å². The van der Waals surface area contributed by atoms with Crippen molar-refractivity contribution in [3.8, 4) is 11.5 Å². The Balaban J connectivity index is 1.66. The second kappa shape index (κ2) is 6.95. The molecule has 2 aromatic rings. The number of rotatable bonds is 5. The molecule has 0 fully saturated rings. The summed E-state index contributed by atoms with van der Waals surface area (Å²) in [6, 6.07) is 14.2. The second-order valence-electron chi connectivity index (χ2n) is 6.20. The van der Waals surface area contributed by atoms with E-state index < -0.39 is 0 Å². The summed E-state index contributed by atoms with van der Waals surface area (Å²) in [6.45, 7) is 2.00. The Morgan fingerprint density at radius 1 is 1.21 bits per heavy atom. The van der Waals surface area contributed by atoms with Gasteiger partial charge in [0.1, 0.15) is 0 Å². The molecule has 24 heavy (non-hydrogen) atoms. The average molecular weight is 325 g/mol. The van der Waals surface area contributed by atoms with E-state index in [2.05, 4.69) is 18.2 Å². The fraction of sp³-hybridized carbons (Fsp3) is 0.350. The summed E-state index contributed by atoms with van der Waals surface area (Å²) in [6.07, 6.45) is 1.99. The summed E-state index contributed by atoms with van der Waals surface area (Å²) in [4.78, 5) is 14.3. The van der Waals surface area contributed by atoms with Gasteiger partial charge in [-0.05, 0) is 48.6 Å². The van der Waals surface area contributed by atoms with E-state index in [1.807, 2.05) is 38.2 Å². The molecular weight excluding hydrogens is 302 g/mol. The maximum atomic E-state index is 12.5. The number of likely N-dealkylation sites (N-methyl/N-ethyl adjacent to an activating group) is 1. The summed E-state index contributed by atoms with van der Waals surface area (Å²) in [5, 5.41) is 0. The van der Waals surface area contributed by atoms with Gasteiger partial charge in [-0.2, -0.15) is 0 Å². The van der Waals surface area contributed by atoms with Crippen LogP contribution in [0.3, 0.4) is 0 Å². The maximum Gasteiger partial charge on any atom is 0.260 e. The molecule has 0 aliphatic heterocycles. The van der Waals surface area contributed by atoms with E-state index in [0.717, 1.165) is 18.4 Å². The zero-order valence-electron chi connectivity index (χ0n) is 14.4. The molecule has 1 atom stereocenters. The third kappa shape index (κ3) is 3.23. The van der Waals surface area contributed by atoms with Crippen LogP contribution in [0.25, 0.3) is 0 Å². The van der Waals surface area contributed by atoms with Crippen LogP contribution in [0.2, 0.25) is 0 Å². The summed E-state index contributed by atoms with van der Waals surface area (Å²) in [5.74, 6) is 1.22. The Morgan fingerprint density at radius 2 is 2.00 bits per heavy atom. The summed E-state index contributed by atoms with van der Waals surface area (Å²) in [5.41, 5.74) is 3.68. The summed E-state index contributed by atoms with van der Waals surface area (Å²) >= 11 is 0. The van der Waals surface area contributed by atoms with Crippen LogP contribution in [0.1, 0.15) is 29.2 Å². The number of ether oxygens (including phenoxy) is 2. The minimum Gasteiger partial charge on any atom is -0.493 e. The van der Waals surface area contributed by atoms with Crippen LogP contribution in [0.15, 0.2) is 42.5 Å². The minimum atomic E-state index is -0.0284. The molecule has 3 rings (SSSR count). The molecule has 0 bridgehead atoms. The molecule has 1 amide bonds. The molecule has 1 aliphatic carbocycles. The molecule has 2 aromatic carbocycles. The topological polar surface area (TPSA) is 38.8 Å². The second-order valence-corrected chi connectivity index (χ2v) is 6.20. The predicted molar refractivity (Wildman–Crippen MR) is 93.5 cm³/mol. The van der Waals surface area contributed by atoms with Crippen molar-refractivity contribution in [3.63, 3.8) is 0 Å². The van der Waals surface area contributed by atoms with Crippen molar-refractivity contribution in [1.29, 1.82) is 0 Å². The van der Waals surface area contributed by atoms with Crippen LogP contribution >= 0.6 is 0 Å². The fourth-order valence-electron chi connectivity index (χ4n) is 3.25. The van der Waals surface area contributed by atoms with Gasteiger partial charge in [0.2, 0.25) is 0 Å². The Morgan fingerprint density at radius 3 is 2.79 bits per heavy atom. The number of hydrogen-bond acceptors (Lipinski definition) is 3. The van der Waals surface area contributed by atoms with Crippen molar-refractivity contribution in [2.24, 2.45) is 0 Å². The van der Waals surface area contributed by atoms with Crippen LogP contribution in [-0.4, -0.2) is 31.6 Å². The third-order valence-corrected chi connectivity index (χ3v) is 4.63. The molecule has 1 unspecified atom stereocenters. The number of nitrogens with zero attached hydrogens (tertiary/aromatic N) is 1. The lowest BCUT2D eigenvalue weighted by molar-refractivity contribution is -0.134. The zero-order valence-corrected chi connectivity index (χ0v) is 14.4. The van der Waals surface area contributed by atoms with Crippen molar-refractivity contribution in [3.05, 3.63) is 59.2 Å². The lowest BCUT2D eigenvalue weighted by Crippen LogP contribution is -2.34.